The van der Waals surface area contributed by atoms with E-state index < -0.39 is 0 Å². The van der Waals surface area contributed by atoms with E-state index in [0.717, 1.165) is 22.4 Å². The maximum Gasteiger partial charge on any atom is 0.135 e. The lowest BCUT2D eigenvalue weighted by Gasteiger charge is -2.03. The Morgan fingerprint density at radius 2 is 2.29 bits per heavy atom. The van der Waals surface area contributed by atoms with Gasteiger partial charge < -0.3 is 10.2 Å². The zero-order valence-electron chi connectivity index (χ0n) is 9.30. The lowest BCUT2D eigenvalue weighted by Crippen LogP contribution is -1.99. The fourth-order valence-corrected chi connectivity index (χ4v) is 2.42. The van der Waals surface area contributed by atoms with Gasteiger partial charge >= 0.3 is 0 Å². The van der Waals surface area contributed by atoms with Crippen LogP contribution in [0.5, 0.6) is 0 Å². The molecule has 17 heavy (non-hydrogen) atoms. The van der Waals surface area contributed by atoms with E-state index in [1.165, 1.54) is 12.8 Å². The highest BCUT2D eigenvalue weighted by atomic mass is 32.2. The van der Waals surface area contributed by atoms with Crippen molar-refractivity contribution in [3.63, 3.8) is 0 Å². The zero-order chi connectivity index (χ0) is 11.7. The van der Waals surface area contributed by atoms with Gasteiger partial charge in [-0.05, 0) is 25.0 Å². The van der Waals surface area contributed by atoms with Gasteiger partial charge in [0.1, 0.15) is 22.4 Å². The molecule has 0 spiro atoms. The van der Waals surface area contributed by atoms with Gasteiger partial charge in [0.25, 0.3) is 0 Å². The summed E-state index contributed by atoms with van der Waals surface area (Å²) < 4.78 is 5.28. The van der Waals surface area contributed by atoms with Gasteiger partial charge in [0.05, 0.1) is 12.0 Å². The van der Waals surface area contributed by atoms with E-state index >= 15 is 0 Å². The molecule has 4 nitrogen and oxygen atoms in total. The van der Waals surface area contributed by atoms with E-state index in [2.05, 4.69) is 9.97 Å². The molecule has 3 rings (SSSR count). The quantitative estimate of drug-likeness (QED) is 0.664. The van der Waals surface area contributed by atoms with Crippen LogP contribution in [0, 0.1) is 0 Å². The molecule has 0 aliphatic heterocycles. The van der Waals surface area contributed by atoms with Gasteiger partial charge in [0, 0.05) is 12.0 Å². The molecule has 0 aromatic carbocycles. The first-order valence-corrected chi connectivity index (χ1v) is 6.59. The molecule has 1 saturated carbocycles. The molecule has 2 heterocycles. The van der Waals surface area contributed by atoms with Crippen LogP contribution in [-0.4, -0.2) is 9.97 Å². The molecule has 5 heteroatoms. The van der Waals surface area contributed by atoms with Crippen LogP contribution in [0.3, 0.4) is 0 Å². The molecule has 1 fully saturated rings. The normalized spacial score (nSPS) is 15.1. The highest BCUT2D eigenvalue weighted by molar-refractivity contribution is 7.98. The van der Waals surface area contributed by atoms with Crippen LogP contribution in [0.4, 0.5) is 5.82 Å². The molecular weight excluding hydrogens is 234 g/mol. The van der Waals surface area contributed by atoms with Crippen molar-refractivity contribution < 1.29 is 4.42 Å². The Labute approximate surface area is 104 Å². The summed E-state index contributed by atoms with van der Waals surface area (Å²) in [6.07, 6.45) is 4.05. The SMILES string of the molecule is Nc1cc(SCc2ccco2)nc(C2CC2)n1. The first-order valence-electron chi connectivity index (χ1n) is 5.61. The van der Waals surface area contributed by atoms with E-state index in [1.54, 1.807) is 18.0 Å². The van der Waals surface area contributed by atoms with Crippen molar-refractivity contribution in [2.24, 2.45) is 0 Å². The first kappa shape index (κ1) is 10.7. The number of nitrogen functional groups attached to an aromatic ring is 1. The van der Waals surface area contributed by atoms with Crippen LogP contribution in [0.25, 0.3) is 0 Å². The van der Waals surface area contributed by atoms with Crippen molar-refractivity contribution in [3.8, 4) is 0 Å². The number of hydrogen-bond donors (Lipinski definition) is 1. The summed E-state index contributed by atoms with van der Waals surface area (Å²) in [5.41, 5.74) is 5.79. The zero-order valence-corrected chi connectivity index (χ0v) is 10.1. The lowest BCUT2D eigenvalue weighted by molar-refractivity contribution is 0.530. The topological polar surface area (TPSA) is 64.9 Å². The number of nitrogens with zero attached hydrogens (tertiary/aromatic N) is 2. The Bertz CT molecular complexity index is 508. The first-order chi connectivity index (χ1) is 8.31. The minimum atomic E-state index is 0.529. The fourth-order valence-electron chi connectivity index (χ4n) is 1.60. The van der Waals surface area contributed by atoms with Gasteiger partial charge in [-0.1, -0.05) is 11.8 Å². The Morgan fingerprint density at radius 1 is 1.41 bits per heavy atom. The Hall–Kier alpha value is -1.49. The van der Waals surface area contributed by atoms with Crippen LogP contribution in [0.2, 0.25) is 0 Å². The smallest absolute Gasteiger partial charge is 0.135 e. The molecule has 0 saturated heterocycles. The molecule has 0 amide bonds. The molecule has 0 unspecified atom stereocenters. The van der Waals surface area contributed by atoms with Crippen LogP contribution < -0.4 is 5.73 Å². The van der Waals surface area contributed by atoms with Crippen molar-refractivity contribution in [2.45, 2.75) is 29.5 Å². The van der Waals surface area contributed by atoms with Crippen molar-refractivity contribution in [3.05, 3.63) is 36.0 Å². The summed E-state index contributed by atoms with van der Waals surface area (Å²) >= 11 is 1.63. The Kier molecular flexibility index (Phi) is 2.76. The molecular formula is C12H13N3OS. The number of hydrogen-bond acceptors (Lipinski definition) is 5. The second-order valence-electron chi connectivity index (χ2n) is 4.13. The van der Waals surface area contributed by atoms with Crippen molar-refractivity contribution in [2.75, 3.05) is 5.73 Å². The summed E-state index contributed by atoms with van der Waals surface area (Å²) in [7, 11) is 0. The second-order valence-corrected chi connectivity index (χ2v) is 5.13. The molecule has 1 aliphatic carbocycles. The van der Waals surface area contributed by atoms with Gasteiger partial charge in [-0.15, -0.1) is 0 Å². The van der Waals surface area contributed by atoms with Crippen molar-refractivity contribution in [1.82, 2.24) is 9.97 Å². The third kappa shape index (κ3) is 2.61. The average Bonchev–Trinajstić information content (AvgIpc) is 3.04. The molecule has 2 aromatic heterocycles. The van der Waals surface area contributed by atoms with Crippen LogP contribution in [0.1, 0.15) is 30.3 Å². The number of nitrogens with two attached hydrogens (primary N) is 1. The number of anilines is 1. The van der Waals surface area contributed by atoms with Crippen molar-refractivity contribution >= 4 is 17.6 Å². The number of rotatable bonds is 4. The molecule has 1 aliphatic rings. The molecule has 0 radical (unpaired) electrons. The lowest BCUT2D eigenvalue weighted by atomic mass is 10.4. The minimum absolute atomic E-state index is 0.529. The molecule has 2 N–H and O–H groups in total. The minimum Gasteiger partial charge on any atom is -0.468 e. The maximum absolute atomic E-state index is 5.79. The van der Waals surface area contributed by atoms with E-state index in [4.69, 9.17) is 10.2 Å². The summed E-state index contributed by atoms with van der Waals surface area (Å²) in [4.78, 5) is 8.80. The van der Waals surface area contributed by atoms with E-state index in [-0.39, 0.29) is 0 Å². The number of thioether (sulfide) groups is 1. The second kappa shape index (κ2) is 4.41. The van der Waals surface area contributed by atoms with Crippen molar-refractivity contribution in [1.29, 1.82) is 0 Å². The monoisotopic (exact) mass is 247 g/mol. The van der Waals surface area contributed by atoms with Gasteiger partial charge in [-0.3, -0.25) is 0 Å². The van der Waals surface area contributed by atoms with E-state index in [9.17, 15) is 0 Å². The maximum atomic E-state index is 5.79. The standard InChI is InChI=1S/C12H13N3OS/c13-10-6-11(15-12(14-10)8-3-4-8)17-7-9-2-1-5-16-9/h1-2,5-6,8H,3-4,7H2,(H2,13,14,15). The summed E-state index contributed by atoms with van der Waals surface area (Å²) in [5, 5.41) is 0.927. The predicted molar refractivity (Wildman–Crippen MR) is 66.7 cm³/mol. The van der Waals surface area contributed by atoms with Gasteiger partial charge in [-0.2, -0.15) is 0 Å². The van der Waals surface area contributed by atoms with Gasteiger partial charge in [-0.25, -0.2) is 9.97 Å². The van der Waals surface area contributed by atoms with Crippen LogP contribution in [-0.2, 0) is 5.75 Å². The Balaban J connectivity index is 1.73. The third-order valence-electron chi connectivity index (χ3n) is 2.62. The fraction of sp³-hybridized carbons (Fsp3) is 0.333. The predicted octanol–water partition coefficient (Wildman–Crippen LogP) is 2.82. The molecule has 0 bridgehead atoms. The third-order valence-corrected chi connectivity index (χ3v) is 3.56. The van der Waals surface area contributed by atoms with Gasteiger partial charge in [0.2, 0.25) is 0 Å². The molecule has 2 aromatic rings. The van der Waals surface area contributed by atoms with Crippen LogP contribution in [0.15, 0.2) is 33.9 Å². The Morgan fingerprint density at radius 3 is 3.00 bits per heavy atom. The van der Waals surface area contributed by atoms with Gasteiger partial charge in [0.15, 0.2) is 0 Å². The van der Waals surface area contributed by atoms with Crippen LogP contribution >= 0.6 is 11.8 Å². The summed E-state index contributed by atoms with van der Waals surface area (Å²) in [6, 6.07) is 5.67. The largest absolute Gasteiger partial charge is 0.468 e. The highest BCUT2D eigenvalue weighted by Gasteiger charge is 2.27. The number of furan rings is 1. The highest BCUT2D eigenvalue weighted by Crippen LogP contribution is 2.39. The summed E-state index contributed by atoms with van der Waals surface area (Å²) in [6.45, 7) is 0. The molecule has 0 atom stereocenters. The average molecular weight is 247 g/mol. The summed E-state index contributed by atoms with van der Waals surface area (Å²) in [5.74, 6) is 3.70. The number of aromatic nitrogens is 2. The molecule has 88 valence electrons. The van der Waals surface area contributed by atoms with E-state index in [1.807, 2.05) is 18.2 Å². The van der Waals surface area contributed by atoms with E-state index in [0.29, 0.717) is 11.7 Å².